The molecule has 3 aliphatic rings. The lowest BCUT2D eigenvalue weighted by molar-refractivity contribution is 0.112. The summed E-state index contributed by atoms with van der Waals surface area (Å²) < 4.78 is 0. The summed E-state index contributed by atoms with van der Waals surface area (Å²) in [6.45, 7) is 25.1. The van der Waals surface area contributed by atoms with Gasteiger partial charge in [0, 0.05) is 0 Å². The van der Waals surface area contributed by atoms with Crippen molar-refractivity contribution in [2.45, 2.75) is 126 Å². The van der Waals surface area contributed by atoms with Crippen LogP contribution in [0.1, 0.15) is 120 Å². The molecule has 38 heavy (non-hydrogen) atoms. The van der Waals surface area contributed by atoms with Crippen LogP contribution in [-0.4, -0.2) is 16.4 Å². The van der Waals surface area contributed by atoms with Crippen molar-refractivity contribution in [1.82, 2.24) is 5.48 Å². The van der Waals surface area contributed by atoms with Crippen molar-refractivity contribution in [3.05, 3.63) is 71.5 Å². The maximum Gasteiger partial charge on any atom is 0.0588 e. The second kappa shape index (κ2) is 19.3. The highest BCUT2D eigenvalue weighted by atomic mass is 16.5. The van der Waals surface area contributed by atoms with Crippen LogP contribution in [0.15, 0.2) is 71.5 Å². The van der Waals surface area contributed by atoms with Gasteiger partial charge in [-0.3, -0.25) is 10.7 Å². The predicted molar refractivity (Wildman–Crippen MR) is 168 cm³/mol. The summed E-state index contributed by atoms with van der Waals surface area (Å²) in [5.74, 6) is 1.95. The van der Waals surface area contributed by atoms with E-state index in [-0.39, 0.29) is 6.10 Å². The van der Waals surface area contributed by atoms with Crippen molar-refractivity contribution in [3.63, 3.8) is 0 Å². The van der Waals surface area contributed by atoms with Crippen LogP contribution in [0.3, 0.4) is 0 Å². The number of allylic oxidation sites excluding steroid dienone is 8. The van der Waals surface area contributed by atoms with Crippen LogP contribution in [0.5, 0.6) is 0 Å². The van der Waals surface area contributed by atoms with Gasteiger partial charge in [-0.2, -0.15) is 0 Å². The van der Waals surface area contributed by atoms with E-state index in [2.05, 4.69) is 63.7 Å². The number of hydrogen-bond donors (Lipinski definition) is 3. The highest BCUT2D eigenvalue weighted by molar-refractivity contribution is 5.29. The minimum Gasteiger partial charge on any atom is -0.393 e. The largest absolute Gasteiger partial charge is 0.393 e. The lowest BCUT2D eigenvalue weighted by Crippen LogP contribution is -2.35. The Morgan fingerprint density at radius 2 is 1.63 bits per heavy atom. The van der Waals surface area contributed by atoms with E-state index in [9.17, 15) is 10.3 Å². The van der Waals surface area contributed by atoms with Gasteiger partial charge in [-0.1, -0.05) is 88.1 Å². The molecule has 0 radical (unpaired) electrons. The molecule has 3 N–H and O–H groups in total. The molecule has 0 aromatic heterocycles. The molecule has 3 rings (SSSR count). The van der Waals surface area contributed by atoms with Gasteiger partial charge >= 0.3 is 0 Å². The molecule has 0 amide bonds. The molecular formula is C35H61NO2. The molecule has 0 bridgehead atoms. The predicted octanol–water partition coefficient (Wildman–Crippen LogP) is 10.3. The Morgan fingerprint density at radius 1 is 0.974 bits per heavy atom. The first-order chi connectivity index (χ1) is 18.2. The third-order valence-corrected chi connectivity index (χ3v) is 8.44. The lowest BCUT2D eigenvalue weighted by atomic mass is 9.61. The van der Waals surface area contributed by atoms with Gasteiger partial charge in [0.15, 0.2) is 0 Å². The van der Waals surface area contributed by atoms with Crippen LogP contribution >= 0.6 is 0 Å². The summed E-state index contributed by atoms with van der Waals surface area (Å²) in [6, 6.07) is 0. The lowest BCUT2D eigenvalue weighted by Gasteiger charge is -2.44. The minimum atomic E-state index is -0.133. The fourth-order valence-corrected chi connectivity index (χ4v) is 6.71. The fourth-order valence-electron chi connectivity index (χ4n) is 6.71. The van der Waals surface area contributed by atoms with Crippen LogP contribution in [-0.2, 0) is 0 Å². The van der Waals surface area contributed by atoms with Gasteiger partial charge in [-0.25, -0.2) is 0 Å². The van der Waals surface area contributed by atoms with E-state index in [4.69, 9.17) is 0 Å². The Balaban J connectivity index is 0.00000213. The second-order valence-electron chi connectivity index (χ2n) is 11.0. The zero-order valence-electron chi connectivity index (χ0n) is 26.4. The van der Waals surface area contributed by atoms with E-state index in [1.807, 2.05) is 47.6 Å². The summed E-state index contributed by atoms with van der Waals surface area (Å²) in [6.07, 6.45) is 21.7. The number of rotatable bonds is 6. The summed E-state index contributed by atoms with van der Waals surface area (Å²) >= 11 is 0. The molecule has 3 aliphatic carbocycles. The van der Waals surface area contributed by atoms with Gasteiger partial charge in [0.25, 0.3) is 0 Å². The molecule has 0 aromatic rings. The van der Waals surface area contributed by atoms with E-state index < -0.39 is 0 Å². The zero-order valence-corrected chi connectivity index (χ0v) is 26.4. The molecule has 0 aliphatic heterocycles. The maximum atomic E-state index is 10.00. The van der Waals surface area contributed by atoms with Crippen molar-refractivity contribution in [2.75, 3.05) is 0 Å². The van der Waals surface area contributed by atoms with Crippen molar-refractivity contribution in [1.29, 1.82) is 0 Å². The average Bonchev–Trinajstić information content (AvgIpc) is 3.29. The molecule has 2 unspecified atom stereocenters. The SMILES string of the molecule is C=C.CC.CC.CC(C)=C(/C=C/C(C)=C/[C@@H](C)C1CCC2/C(=C/C=C3/CCC[C@H](O)C3)CCC[C@@]21C)NO. The minimum absolute atomic E-state index is 0.133. The fraction of sp³-hybridized carbons (Fsp3) is 0.657. The molecule has 0 saturated heterocycles. The van der Waals surface area contributed by atoms with Crippen molar-refractivity contribution >= 4 is 0 Å². The number of hydroxylamine groups is 1. The van der Waals surface area contributed by atoms with Crippen LogP contribution in [0, 0.1) is 23.2 Å². The van der Waals surface area contributed by atoms with Crippen LogP contribution in [0.25, 0.3) is 0 Å². The third-order valence-electron chi connectivity index (χ3n) is 8.44. The first-order valence-electron chi connectivity index (χ1n) is 15.2. The second-order valence-corrected chi connectivity index (χ2v) is 11.0. The van der Waals surface area contributed by atoms with Crippen molar-refractivity contribution in [2.24, 2.45) is 23.2 Å². The van der Waals surface area contributed by atoms with Crippen LogP contribution in [0.4, 0.5) is 0 Å². The summed E-state index contributed by atoms with van der Waals surface area (Å²) in [4.78, 5) is 0. The van der Waals surface area contributed by atoms with Gasteiger partial charge < -0.3 is 5.11 Å². The Morgan fingerprint density at radius 3 is 2.21 bits per heavy atom. The third kappa shape index (κ3) is 10.4. The quantitative estimate of drug-likeness (QED) is 0.183. The molecule has 0 heterocycles. The number of fused-ring (bicyclic) bond motifs is 1. The van der Waals surface area contributed by atoms with E-state index in [0.717, 1.165) is 37.0 Å². The van der Waals surface area contributed by atoms with E-state index in [1.54, 1.807) is 5.57 Å². The zero-order chi connectivity index (χ0) is 29.3. The smallest absolute Gasteiger partial charge is 0.0588 e. The Hall–Kier alpha value is -1.84. The number of hydrogen-bond acceptors (Lipinski definition) is 3. The van der Waals surface area contributed by atoms with Gasteiger partial charge in [0.05, 0.1) is 11.8 Å². The highest BCUT2D eigenvalue weighted by Crippen LogP contribution is 2.59. The van der Waals surface area contributed by atoms with Crippen molar-refractivity contribution in [3.8, 4) is 0 Å². The Labute approximate surface area is 236 Å². The molecule has 3 heteroatoms. The van der Waals surface area contributed by atoms with Gasteiger partial charge in [-0.05, 0) is 108 Å². The standard InChI is InChI=1S/C29H45NO2.2C2H6.C2H4/c1-20(2)28(30-32)16-11-21(3)18-22(4)26-14-15-27-24(9-7-17-29(26,27)5)13-12-23-8-6-10-25(31)19-23;3*1-2/h11-13,16,18,22,25-27,30-32H,6-10,14-15,17,19H2,1-5H3;2*1-2H3;1-2H2/b16-11+,21-18+,23-12-,24-13+;;;/t22-,25+,26?,27?,29-;;;/m1.../s1. The van der Waals surface area contributed by atoms with Gasteiger partial charge in [0.1, 0.15) is 0 Å². The molecule has 218 valence electrons. The molecular weight excluding hydrogens is 466 g/mol. The number of aliphatic hydroxyl groups excluding tert-OH is 1. The van der Waals surface area contributed by atoms with E-state index in [1.165, 1.54) is 43.3 Å². The maximum absolute atomic E-state index is 10.00. The van der Waals surface area contributed by atoms with E-state index in [0.29, 0.717) is 23.2 Å². The van der Waals surface area contributed by atoms with Crippen LogP contribution in [0.2, 0.25) is 0 Å². The van der Waals surface area contributed by atoms with Crippen LogP contribution < -0.4 is 5.48 Å². The van der Waals surface area contributed by atoms with Gasteiger partial charge in [-0.15, -0.1) is 13.2 Å². The summed E-state index contributed by atoms with van der Waals surface area (Å²) in [7, 11) is 0. The summed E-state index contributed by atoms with van der Waals surface area (Å²) in [5, 5.41) is 19.3. The summed E-state index contributed by atoms with van der Waals surface area (Å²) in [5.41, 5.74) is 8.85. The van der Waals surface area contributed by atoms with Gasteiger partial charge in [0.2, 0.25) is 0 Å². The molecule has 3 nitrogen and oxygen atoms in total. The number of nitrogens with one attached hydrogen (secondary N) is 1. The normalized spacial score (nSPS) is 29.7. The Bertz CT molecular complexity index is 827. The molecule has 5 atom stereocenters. The molecule has 0 spiro atoms. The topological polar surface area (TPSA) is 52.5 Å². The number of aliphatic hydroxyl groups is 1. The molecule has 3 saturated carbocycles. The Kier molecular flexibility index (Phi) is 18.3. The first kappa shape index (κ1) is 36.2. The van der Waals surface area contributed by atoms with E-state index >= 15 is 0 Å². The molecule has 0 aromatic carbocycles. The first-order valence-corrected chi connectivity index (χ1v) is 15.2. The highest BCUT2D eigenvalue weighted by Gasteiger charge is 2.50. The van der Waals surface area contributed by atoms with Crippen molar-refractivity contribution < 1.29 is 10.3 Å². The molecule has 3 fully saturated rings. The monoisotopic (exact) mass is 527 g/mol. The average molecular weight is 528 g/mol.